The molecule has 4 heteroatoms. The van der Waals surface area contributed by atoms with Crippen LogP contribution >= 0.6 is 0 Å². The number of hydrogen-bond donors (Lipinski definition) is 2. The molecule has 0 aromatic heterocycles. The number of unbranched alkanes of at least 4 members (excludes halogenated alkanes) is 1. The highest BCUT2D eigenvalue weighted by Crippen LogP contribution is 2.42. The van der Waals surface area contributed by atoms with E-state index in [1.807, 2.05) is 0 Å². The van der Waals surface area contributed by atoms with Gasteiger partial charge < -0.3 is 15.3 Å². The normalized spacial score (nSPS) is 30.1. The lowest BCUT2D eigenvalue weighted by molar-refractivity contribution is -0.124. The smallest absolute Gasteiger partial charge is 0.223 e. The quantitative estimate of drug-likeness (QED) is 0.765. The van der Waals surface area contributed by atoms with Crippen molar-refractivity contribution in [2.75, 3.05) is 26.7 Å². The van der Waals surface area contributed by atoms with E-state index in [0.29, 0.717) is 12.5 Å². The summed E-state index contributed by atoms with van der Waals surface area (Å²) in [5.74, 6) is 0.988. The molecular formula is C15H28N2O2. The van der Waals surface area contributed by atoms with Crippen molar-refractivity contribution in [3.63, 3.8) is 0 Å². The Hall–Kier alpha value is -0.610. The van der Waals surface area contributed by atoms with E-state index in [-0.39, 0.29) is 11.8 Å². The zero-order chi connectivity index (χ0) is 13.9. The maximum atomic E-state index is 12.0. The van der Waals surface area contributed by atoms with Gasteiger partial charge in [-0.3, -0.25) is 4.79 Å². The number of nitrogens with one attached hydrogen (secondary N) is 1. The van der Waals surface area contributed by atoms with E-state index < -0.39 is 5.60 Å². The number of carbonyl (C=O) groups excluding carboxylic acids is 1. The summed E-state index contributed by atoms with van der Waals surface area (Å²) in [4.78, 5) is 14.2. The summed E-state index contributed by atoms with van der Waals surface area (Å²) >= 11 is 0. The largest absolute Gasteiger partial charge is 0.388 e. The average Bonchev–Trinajstić information content (AvgIpc) is 3.17. The summed E-state index contributed by atoms with van der Waals surface area (Å²) in [5.41, 5.74) is -0.685. The molecule has 0 unspecified atom stereocenters. The molecule has 0 aromatic rings. The van der Waals surface area contributed by atoms with Gasteiger partial charge in [0, 0.05) is 25.6 Å². The van der Waals surface area contributed by atoms with Gasteiger partial charge in [0.1, 0.15) is 0 Å². The zero-order valence-electron chi connectivity index (χ0n) is 12.3. The Balaban J connectivity index is 1.67. The third-order valence-electron chi connectivity index (χ3n) is 4.70. The molecule has 0 radical (unpaired) electrons. The third kappa shape index (κ3) is 4.18. The second-order valence-electron chi connectivity index (χ2n) is 6.49. The van der Waals surface area contributed by atoms with Gasteiger partial charge in [-0.15, -0.1) is 0 Å². The van der Waals surface area contributed by atoms with Crippen molar-refractivity contribution < 1.29 is 9.90 Å². The van der Waals surface area contributed by atoms with Crippen LogP contribution in [-0.4, -0.2) is 48.2 Å². The van der Waals surface area contributed by atoms with Crippen molar-refractivity contribution in [3.05, 3.63) is 0 Å². The minimum Gasteiger partial charge on any atom is -0.388 e. The molecular weight excluding hydrogens is 240 g/mol. The summed E-state index contributed by atoms with van der Waals surface area (Å²) in [6.07, 6.45) is 6.18. The summed E-state index contributed by atoms with van der Waals surface area (Å²) in [6, 6.07) is 0. The predicted molar refractivity (Wildman–Crippen MR) is 75.8 cm³/mol. The zero-order valence-corrected chi connectivity index (χ0v) is 12.3. The number of rotatable bonds is 6. The fourth-order valence-corrected chi connectivity index (χ4v) is 2.95. The topological polar surface area (TPSA) is 52.6 Å². The number of likely N-dealkylation sites (tertiary alicyclic amines) is 1. The molecule has 1 aliphatic heterocycles. The van der Waals surface area contributed by atoms with Crippen molar-refractivity contribution in [1.29, 1.82) is 0 Å². The third-order valence-corrected chi connectivity index (χ3v) is 4.70. The first-order valence-corrected chi connectivity index (χ1v) is 7.73. The van der Waals surface area contributed by atoms with Crippen LogP contribution in [0.3, 0.4) is 0 Å². The molecule has 110 valence electrons. The highest BCUT2D eigenvalue weighted by atomic mass is 16.3. The number of piperidine rings is 1. The van der Waals surface area contributed by atoms with E-state index in [2.05, 4.69) is 24.2 Å². The van der Waals surface area contributed by atoms with Gasteiger partial charge in [0.25, 0.3) is 0 Å². The van der Waals surface area contributed by atoms with Crippen molar-refractivity contribution >= 4 is 5.91 Å². The number of nitrogens with zero attached hydrogens (tertiary/aromatic N) is 1. The monoisotopic (exact) mass is 268 g/mol. The first-order chi connectivity index (χ1) is 9.04. The number of aliphatic hydroxyl groups is 1. The van der Waals surface area contributed by atoms with Crippen LogP contribution in [0.4, 0.5) is 0 Å². The summed E-state index contributed by atoms with van der Waals surface area (Å²) in [5, 5.41) is 13.4. The summed E-state index contributed by atoms with van der Waals surface area (Å²) in [6.45, 7) is 4.44. The molecule has 2 N–H and O–H groups in total. The van der Waals surface area contributed by atoms with Crippen molar-refractivity contribution in [2.45, 2.75) is 51.0 Å². The van der Waals surface area contributed by atoms with Crippen molar-refractivity contribution in [2.24, 2.45) is 11.8 Å². The van der Waals surface area contributed by atoms with Gasteiger partial charge in [-0.2, -0.15) is 0 Å². The van der Waals surface area contributed by atoms with Gasteiger partial charge >= 0.3 is 0 Å². The molecule has 0 bridgehead atoms. The Morgan fingerprint density at radius 3 is 2.74 bits per heavy atom. The second-order valence-corrected chi connectivity index (χ2v) is 6.49. The Bertz CT molecular complexity index is 311. The SMILES string of the molecule is CCCC[C@@H]1C[C@@H]1C(=O)NCC1(O)CCN(C)CC1. The van der Waals surface area contributed by atoms with E-state index in [1.165, 1.54) is 19.3 Å². The molecule has 19 heavy (non-hydrogen) atoms. The maximum Gasteiger partial charge on any atom is 0.223 e. The highest BCUT2D eigenvalue weighted by molar-refractivity contribution is 5.81. The Morgan fingerprint density at radius 2 is 2.11 bits per heavy atom. The summed E-state index contributed by atoms with van der Waals surface area (Å²) < 4.78 is 0. The number of hydrogen-bond acceptors (Lipinski definition) is 3. The van der Waals surface area contributed by atoms with Crippen LogP contribution < -0.4 is 5.32 Å². The first-order valence-electron chi connectivity index (χ1n) is 7.73. The van der Waals surface area contributed by atoms with Crippen LogP contribution in [0.15, 0.2) is 0 Å². The van der Waals surface area contributed by atoms with Crippen LogP contribution in [0, 0.1) is 11.8 Å². The van der Waals surface area contributed by atoms with Gasteiger partial charge in [0.05, 0.1) is 5.60 Å². The van der Waals surface area contributed by atoms with Crippen LogP contribution in [0.1, 0.15) is 45.4 Å². The Kier molecular flexibility index (Phi) is 4.85. The summed E-state index contributed by atoms with van der Waals surface area (Å²) in [7, 11) is 2.07. The molecule has 2 fully saturated rings. The number of amides is 1. The molecule has 1 saturated heterocycles. The minimum absolute atomic E-state index is 0.161. The molecule has 4 nitrogen and oxygen atoms in total. The van der Waals surface area contributed by atoms with Crippen LogP contribution in [0.2, 0.25) is 0 Å². The lowest BCUT2D eigenvalue weighted by Crippen LogP contribution is -2.50. The molecule has 1 heterocycles. The average molecular weight is 268 g/mol. The molecule has 0 spiro atoms. The van der Waals surface area contributed by atoms with E-state index in [0.717, 1.165) is 32.4 Å². The Labute approximate surface area is 116 Å². The van der Waals surface area contributed by atoms with Crippen LogP contribution in [-0.2, 0) is 4.79 Å². The highest BCUT2D eigenvalue weighted by Gasteiger charge is 2.42. The second kappa shape index (κ2) is 6.23. The minimum atomic E-state index is -0.685. The van der Waals surface area contributed by atoms with E-state index >= 15 is 0 Å². The lowest BCUT2D eigenvalue weighted by atomic mass is 9.91. The van der Waals surface area contributed by atoms with Gasteiger partial charge in [0.2, 0.25) is 5.91 Å². The van der Waals surface area contributed by atoms with E-state index in [4.69, 9.17) is 0 Å². The first kappa shape index (κ1) is 14.8. The molecule has 1 saturated carbocycles. The van der Waals surface area contributed by atoms with Gasteiger partial charge in [-0.25, -0.2) is 0 Å². The molecule has 1 amide bonds. The van der Waals surface area contributed by atoms with E-state index in [9.17, 15) is 9.90 Å². The van der Waals surface area contributed by atoms with E-state index in [1.54, 1.807) is 0 Å². The molecule has 2 rings (SSSR count). The molecule has 2 aliphatic rings. The predicted octanol–water partition coefficient (Wildman–Crippen LogP) is 1.39. The molecule has 1 aliphatic carbocycles. The van der Waals surface area contributed by atoms with Crippen LogP contribution in [0.5, 0.6) is 0 Å². The Morgan fingerprint density at radius 1 is 1.42 bits per heavy atom. The van der Waals surface area contributed by atoms with Gasteiger partial charge in [-0.05, 0) is 38.6 Å². The fourth-order valence-electron chi connectivity index (χ4n) is 2.95. The molecule has 2 atom stereocenters. The van der Waals surface area contributed by atoms with Crippen molar-refractivity contribution in [1.82, 2.24) is 10.2 Å². The standard InChI is InChI=1S/C15H28N2O2/c1-3-4-5-12-10-13(12)14(18)16-11-15(19)6-8-17(2)9-7-15/h12-13,19H,3-11H2,1-2H3,(H,16,18)/t12-,13+/m1/s1. The molecule has 0 aromatic carbocycles. The maximum absolute atomic E-state index is 12.0. The fraction of sp³-hybridized carbons (Fsp3) is 0.933. The number of carbonyl (C=O) groups is 1. The van der Waals surface area contributed by atoms with Crippen LogP contribution in [0.25, 0.3) is 0 Å². The van der Waals surface area contributed by atoms with Crippen molar-refractivity contribution in [3.8, 4) is 0 Å². The van der Waals surface area contributed by atoms with Gasteiger partial charge in [-0.1, -0.05) is 19.8 Å². The van der Waals surface area contributed by atoms with Gasteiger partial charge in [0.15, 0.2) is 0 Å². The lowest BCUT2D eigenvalue weighted by Gasteiger charge is -2.36.